The van der Waals surface area contributed by atoms with Gasteiger partial charge in [-0.3, -0.25) is 5.01 Å². The Morgan fingerprint density at radius 2 is 2.25 bits per heavy atom. The average Bonchev–Trinajstić information content (AvgIpc) is 2.84. The highest BCUT2D eigenvalue weighted by Gasteiger charge is 2.49. The van der Waals surface area contributed by atoms with E-state index < -0.39 is 0 Å². The van der Waals surface area contributed by atoms with Crippen LogP contribution in [0, 0.1) is 0 Å². The number of nitrogens with zero attached hydrogens (tertiary/aromatic N) is 1. The molecule has 0 aromatic heterocycles. The first kappa shape index (κ1) is 6.62. The molecule has 2 heterocycles. The molecule has 0 amide bonds. The van der Waals surface area contributed by atoms with Gasteiger partial charge in [0.25, 0.3) is 0 Å². The number of fused-ring (bicyclic) bond motifs is 2. The van der Waals surface area contributed by atoms with E-state index >= 15 is 0 Å². The van der Waals surface area contributed by atoms with Crippen molar-refractivity contribution in [1.29, 1.82) is 0 Å². The summed E-state index contributed by atoms with van der Waals surface area (Å²) in [6.07, 6.45) is 0. The smallest absolute Gasteiger partial charge is 0.178 e. The van der Waals surface area contributed by atoms with Gasteiger partial charge in [0.05, 0.1) is 5.69 Å². The Kier molecular flexibility index (Phi) is 1.15. The van der Waals surface area contributed by atoms with Crippen LogP contribution < -0.4 is 15.6 Å². The average molecular weight is 180 g/mol. The fourth-order valence-electron chi connectivity index (χ4n) is 1.41. The van der Waals surface area contributed by atoms with Gasteiger partial charge in [-0.1, -0.05) is 23.9 Å². The van der Waals surface area contributed by atoms with Crippen LogP contribution in [0.5, 0.6) is 5.75 Å². The van der Waals surface area contributed by atoms with Crippen molar-refractivity contribution < 1.29 is 4.74 Å². The van der Waals surface area contributed by atoms with Crippen molar-refractivity contribution in [3.05, 3.63) is 24.3 Å². The molecule has 2 unspecified atom stereocenters. The molecule has 1 aromatic carbocycles. The zero-order chi connectivity index (χ0) is 8.13. The third-order valence-corrected chi connectivity index (χ3v) is 3.15. The zero-order valence-electron chi connectivity index (χ0n) is 6.31. The Labute approximate surface area is 74.5 Å². The van der Waals surface area contributed by atoms with Crippen LogP contribution in [-0.2, 0) is 0 Å². The molecule has 3 nitrogen and oxygen atoms in total. The number of rotatable bonds is 0. The number of hydrogen-bond acceptors (Lipinski definition) is 4. The van der Waals surface area contributed by atoms with E-state index in [9.17, 15) is 0 Å². The molecule has 62 valence electrons. The van der Waals surface area contributed by atoms with Crippen LogP contribution in [0.25, 0.3) is 0 Å². The monoisotopic (exact) mass is 180 g/mol. The van der Waals surface area contributed by atoms with Crippen molar-refractivity contribution in [3.8, 4) is 5.75 Å². The maximum atomic E-state index is 5.86. The highest BCUT2D eigenvalue weighted by atomic mass is 32.2. The van der Waals surface area contributed by atoms with Gasteiger partial charge in [0, 0.05) is 0 Å². The lowest BCUT2D eigenvalue weighted by atomic mass is 10.2. The van der Waals surface area contributed by atoms with Gasteiger partial charge in [0.15, 0.2) is 5.44 Å². The molecule has 0 aliphatic carbocycles. The lowest BCUT2D eigenvalue weighted by Gasteiger charge is -2.24. The third-order valence-electron chi connectivity index (χ3n) is 2.09. The quantitative estimate of drug-likeness (QED) is 0.480. The molecule has 0 saturated carbocycles. The van der Waals surface area contributed by atoms with Crippen LogP contribution in [0.3, 0.4) is 0 Å². The molecule has 2 atom stereocenters. The van der Waals surface area contributed by atoms with Crippen molar-refractivity contribution in [2.24, 2.45) is 5.84 Å². The van der Waals surface area contributed by atoms with E-state index in [-0.39, 0.29) is 5.44 Å². The van der Waals surface area contributed by atoms with Crippen LogP contribution in [0.2, 0.25) is 0 Å². The molecule has 2 aliphatic rings. The zero-order valence-corrected chi connectivity index (χ0v) is 7.12. The Morgan fingerprint density at radius 3 is 3.17 bits per heavy atom. The summed E-state index contributed by atoms with van der Waals surface area (Å²) in [4.78, 5) is 0. The van der Waals surface area contributed by atoms with Gasteiger partial charge in [0.2, 0.25) is 0 Å². The summed E-state index contributed by atoms with van der Waals surface area (Å²) in [5.74, 6) is 6.76. The minimum absolute atomic E-state index is 0.255. The van der Waals surface area contributed by atoms with E-state index in [0.29, 0.717) is 5.37 Å². The summed E-state index contributed by atoms with van der Waals surface area (Å²) in [6.45, 7) is 0. The normalized spacial score (nSPS) is 30.2. The molecule has 2 aliphatic heterocycles. The Morgan fingerprint density at radius 1 is 1.42 bits per heavy atom. The predicted octanol–water partition coefficient (Wildman–Crippen LogP) is 1.16. The van der Waals surface area contributed by atoms with Gasteiger partial charge in [0.1, 0.15) is 11.1 Å². The van der Waals surface area contributed by atoms with E-state index in [2.05, 4.69) is 0 Å². The highest BCUT2D eigenvalue weighted by molar-refractivity contribution is 8.07. The fraction of sp³-hybridized carbons (Fsp3) is 0.250. The maximum Gasteiger partial charge on any atom is 0.178 e. The van der Waals surface area contributed by atoms with Crippen molar-refractivity contribution in [2.75, 3.05) is 5.01 Å². The molecule has 1 saturated heterocycles. The van der Waals surface area contributed by atoms with Crippen molar-refractivity contribution >= 4 is 17.4 Å². The number of thioether (sulfide) groups is 1. The molecule has 3 rings (SSSR count). The molecule has 2 N–H and O–H groups in total. The summed E-state index contributed by atoms with van der Waals surface area (Å²) >= 11 is 1.74. The minimum atomic E-state index is 0.255. The molecule has 12 heavy (non-hydrogen) atoms. The Bertz CT molecular complexity index is 331. The van der Waals surface area contributed by atoms with Crippen LogP contribution in [0.15, 0.2) is 24.3 Å². The minimum Gasteiger partial charge on any atom is -0.474 e. The number of hydrogen-bond donors (Lipinski definition) is 1. The third kappa shape index (κ3) is 0.763. The van der Waals surface area contributed by atoms with Gasteiger partial charge < -0.3 is 4.74 Å². The molecule has 0 spiro atoms. The summed E-state index contributed by atoms with van der Waals surface area (Å²) in [6, 6.07) is 7.85. The molecule has 0 radical (unpaired) electrons. The van der Waals surface area contributed by atoms with Gasteiger partial charge in [-0.25, -0.2) is 5.84 Å². The number of benzene rings is 1. The number of hydrazine groups is 1. The van der Waals surface area contributed by atoms with E-state index in [1.807, 2.05) is 24.3 Å². The highest BCUT2D eigenvalue weighted by Crippen LogP contribution is 2.51. The number of anilines is 1. The van der Waals surface area contributed by atoms with Gasteiger partial charge in [-0.2, -0.15) is 0 Å². The fourth-order valence-corrected chi connectivity index (χ4v) is 2.18. The number of ether oxygens (including phenoxy) is 1. The lowest BCUT2D eigenvalue weighted by Crippen LogP contribution is -2.38. The summed E-state index contributed by atoms with van der Waals surface area (Å²) in [5, 5.41) is 2.12. The Balaban J connectivity index is 2.11. The molecule has 1 fully saturated rings. The first-order chi connectivity index (χ1) is 5.86. The predicted molar refractivity (Wildman–Crippen MR) is 48.9 cm³/mol. The summed E-state index contributed by atoms with van der Waals surface area (Å²) < 4.78 is 5.62. The largest absolute Gasteiger partial charge is 0.474 e. The van der Waals surface area contributed by atoms with E-state index in [0.717, 1.165) is 11.4 Å². The maximum absolute atomic E-state index is 5.86. The second-order valence-corrected chi connectivity index (χ2v) is 4.11. The molecule has 1 aromatic rings. The second kappa shape index (κ2) is 2.08. The topological polar surface area (TPSA) is 38.5 Å². The summed E-state index contributed by atoms with van der Waals surface area (Å²) in [7, 11) is 0. The van der Waals surface area contributed by atoms with Crippen LogP contribution in [-0.4, -0.2) is 10.8 Å². The number of para-hydroxylation sites is 2. The molecular weight excluding hydrogens is 172 g/mol. The van der Waals surface area contributed by atoms with E-state index in [4.69, 9.17) is 10.6 Å². The van der Waals surface area contributed by atoms with Gasteiger partial charge in [-0.05, 0) is 12.1 Å². The first-order valence-electron chi connectivity index (χ1n) is 3.81. The van der Waals surface area contributed by atoms with Crippen LogP contribution in [0.1, 0.15) is 0 Å². The van der Waals surface area contributed by atoms with Crippen LogP contribution in [0.4, 0.5) is 5.69 Å². The molecular formula is C8H8N2OS. The van der Waals surface area contributed by atoms with Gasteiger partial charge >= 0.3 is 0 Å². The standard InChI is InChI=1S/C8H8N2OS/c9-10-5-3-1-2-4-6(5)11-8-7(10)12-8/h1-4,7-8H,9H2. The van der Waals surface area contributed by atoms with Crippen molar-refractivity contribution in [1.82, 2.24) is 0 Å². The van der Waals surface area contributed by atoms with E-state index in [1.165, 1.54) is 0 Å². The number of nitrogens with two attached hydrogens (primary N) is 1. The van der Waals surface area contributed by atoms with Gasteiger partial charge in [-0.15, -0.1) is 0 Å². The molecule has 0 bridgehead atoms. The van der Waals surface area contributed by atoms with Crippen molar-refractivity contribution in [3.63, 3.8) is 0 Å². The van der Waals surface area contributed by atoms with Crippen LogP contribution >= 0.6 is 11.8 Å². The summed E-state index contributed by atoms with van der Waals surface area (Å²) in [5.41, 5.74) is 1.24. The lowest BCUT2D eigenvalue weighted by molar-refractivity contribution is 0.298. The SMILES string of the molecule is NN1c2ccccc2OC2SC21. The Hall–Kier alpha value is -0.870. The first-order valence-corrected chi connectivity index (χ1v) is 4.75. The second-order valence-electron chi connectivity index (χ2n) is 2.89. The molecule has 4 heteroatoms. The van der Waals surface area contributed by atoms with Crippen molar-refractivity contribution in [2.45, 2.75) is 10.8 Å². The van der Waals surface area contributed by atoms with E-state index in [1.54, 1.807) is 16.8 Å².